The van der Waals surface area contributed by atoms with Crippen molar-refractivity contribution >= 4 is 22.1 Å². The Morgan fingerprint density at radius 2 is 1.92 bits per heavy atom. The minimum Gasteiger partial charge on any atom is -0.445 e. The van der Waals surface area contributed by atoms with Crippen LogP contribution in [0, 0.1) is 17.1 Å². The van der Waals surface area contributed by atoms with Crippen molar-refractivity contribution in [2.45, 2.75) is 6.54 Å². The maximum Gasteiger partial charge on any atom is 0.323 e. The third-order valence-electron chi connectivity index (χ3n) is 6.48. The van der Waals surface area contributed by atoms with E-state index < -0.39 is 5.82 Å². The van der Waals surface area contributed by atoms with Gasteiger partial charge in [0.2, 0.25) is 5.89 Å². The van der Waals surface area contributed by atoms with Crippen LogP contribution in [-0.2, 0) is 6.54 Å². The predicted octanol–water partition coefficient (Wildman–Crippen LogP) is 4.17. The standard InChI is InChI=1S/C27H16FN9O2/c28-20-10-17(11-24-25(20)34-35-37(24)18-3-4-21-22(12-18)33-27(38)32-21)23-5-6-31-36(23)14-16-2-1-15(13-29)9-19(16)26-30-7-8-39-26/h1-12H,14H2,(H2,32,33,38). The van der Waals surface area contributed by atoms with Crippen LogP contribution < -0.4 is 5.69 Å². The van der Waals surface area contributed by atoms with Crippen LogP contribution in [0.1, 0.15) is 11.1 Å². The molecule has 12 heteroatoms. The number of imidazole rings is 1. The Balaban J connectivity index is 1.32. The summed E-state index contributed by atoms with van der Waals surface area (Å²) in [6.07, 6.45) is 4.65. The molecule has 39 heavy (non-hydrogen) atoms. The van der Waals surface area contributed by atoms with Gasteiger partial charge in [0.25, 0.3) is 0 Å². The number of aromatic nitrogens is 8. The van der Waals surface area contributed by atoms with Gasteiger partial charge in [0.15, 0.2) is 5.82 Å². The van der Waals surface area contributed by atoms with E-state index in [2.05, 4.69) is 36.4 Å². The van der Waals surface area contributed by atoms with Crippen LogP contribution in [0.3, 0.4) is 0 Å². The molecule has 4 heterocycles. The van der Waals surface area contributed by atoms with Gasteiger partial charge in [-0.2, -0.15) is 10.4 Å². The molecule has 0 aliphatic rings. The third-order valence-corrected chi connectivity index (χ3v) is 6.48. The average molecular weight is 517 g/mol. The lowest BCUT2D eigenvalue weighted by atomic mass is 10.0. The fourth-order valence-corrected chi connectivity index (χ4v) is 4.68. The molecular weight excluding hydrogens is 501 g/mol. The van der Waals surface area contributed by atoms with Crippen molar-refractivity contribution in [2.24, 2.45) is 0 Å². The molecule has 0 saturated heterocycles. The number of halogens is 1. The minimum absolute atomic E-state index is 0.116. The summed E-state index contributed by atoms with van der Waals surface area (Å²) in [5.74, 6) is -0.143. The van der Waals surface area contributed by atoms with E-state index in [-0.39, 0.29) is 11.2 Å². The van der Waals surface area contributed by atoms with Crippen molar-refractivity contribution in [3.8, 4) is 34.5 Å². The molecular formula is C27H16FN9O2. The van der Waals surface area contributed by atoms with Crippen molar-refractivity contribution in [2.75, 3.05) is 0 Å². The highest BCUT2D eigenvalue weighted by molar-refractivity contribution is 5.84. The highest BCUT2D eigenvalue weighted by Crippen LogP contribution is 2.30. The minimum atomic E-state index is -0.531. The first-order chi connectivity index (χ1) is 19.1. The molecule has 0 radical (unpaired) electrons. The van der Waals surface area contributed by atoms with Crippen LogP contribution in [-0.4, -0.2) is 39.7 Å². The van der Waals surface area contributed by atoms with E-state index in [4.69, 9.17) is 4.42 Å². The van der Waals surface area contributed by atoms with Gasteiger partial charge in [-0.25, -0.2) is 18.9 Å². The van der Waals surface area contributed by atoms with Crippen LogP contribution in [0.5, 0.6) is 0 Å². The first-order valence-corrected chi connectivity index (χ1v) is 11.8. The summed E-state index contributed by atoms with van der Waals surface area (Å²) in [7, 11) is 0. The monoisotopic (exact) mass is 517 g/mol. The molecule has 0 bridgehead atoms. The van der Waals surface area contributed by atoms with Gasteiger partial charge in [-0.15, -0.1) is 5.10 Å². The molecule has 0 amide bonds. The summed E-state index contributed by atoms with van der Waals surface area (Å²) >= 11 is 0. The van der Waals surface area contributed by atoms with Crippen molar-refractivity contribution in [1.29, 1.82) is 5.26 Å². The van der Waals surface area contributed by atoms with Gasteiger partial charge in [-0.1, -0.05) is 11.3 Å². The Morgan fingerprint density at radius 3 is 2.77 bits per heavy atom. The van der Waals surface area contributed by atoms with E-state index in [1.54, 1.807) is 53.3 Å². The Bertz CT molecular complexity index is 2110. The highest BCUT2D eigenvalue weighted by Gasteiger charge is 2.18. The first kappa shape index (κ1) is 22.4. The van der Waals surface area contributed by atoms with Crippen molar-refractivity contribution in [3.63, 3.8) is 0 Å². The van der Waals surface area contributed by atoms with E-state index in [1.807, 2.05) is 6.07 Å². The van der Waals surface area contributed by atoms with Crippen LogP contribution in [0.2, 0.25) is 0 Å². The number of hydrogen-bond donors (Lipinski definition) is 2. The fraction of sp³-hybridized carbons (Fsp3) is 0.0370. The largest absolute Gasteiger partial charge is 0.445 e. The van der Waals surface area contributed by atoms with E-state index >= 15 is 4.39 Å². The van der Waals surface area contributed by atoms with Crippen molar-refractivity contribution in [3.05, 3.63) is 101 Å². The molecule has 0 aliphatic heterocycles. The van der Waals surface area contributed by atoms with Crippen LogP contribution in [0.4, 0.5) is 4.39 Å². The van der Waals surface area contributed by atoms with Gasteiger partial charge in [-0.05, 0) is 54.1 Å². The lowest BCUT2D eigenvalue weighted by Gasteiger charge is -2.12. The third kappa shape index (κ3) is 3.77. The molecule has 0 unspecified atom stereocenters. The molecule has 4 aromatic heterocycles. The van der Waals surface area contributed by atoms with E-state index in [0.29, 0.717) is 57.1 Å². The zero-order chi connectivity index (χ0) is 26.5. The maximum absolute atomic E-state index is 15.3. The molecule has 188 valence electrons. The number of benzene rings is 3. The Morgan fingerprint density at radius 1 is 1.03 bits per heavy atom. The summed E-state index contributed by atoms with van der Waals surface area (Å²) in [6, 6.07) is 17.6. The molecule has 2 N–H and O–H groups in total. The van der Waals surface area contributed by atoms with Crippen LogP contribution in [0.15, 0.2) is 82.5 Å². The number of fused-ring (bicyclic) bond motifs is 2. The number of rotatable bonds is 5. The predicted molar refractivity (Wildman–Crippen MR) is 138 cm³/mol. The summed E-state index contributed by atoms with van der Waals surface area (Å²) in [6.45, 7) is 0.320. The molecule has 3 aromatic carbocycles. The number of H-pyrrole nitrogens is 2. The second-order valence-corrected chi connectivity index (χ2v) is 8.83. The number of oxazole rings is 1. The molecule has 0 spiro atoms. The van der Waals surface area contributed by atoms with Crippen molar-refractivity contribution in [1.82, 2.24) is 39.7 Å². The second-order valence-electron chi connectivity index (χ2n) is 8.83. The van der Waals surface area contributed by atoms with E-state index in [9.17, 15) is 10.1 Å². The quantitative estimate of drug-likeness (QED) is 0.348. The molecule has 11 nitrogen and oxygen atoms in total. The van der Waals surface area contributed by atoms with Gasteiger partial charge in [0.1, 0.15) is 11.8 Å². The summed E-state index contributed by atoms with van der Waals surface area (Å²) in [5.41, 5.74) is 5.31. The van der Waals surface area contributed by atoms with Crippen LogP contribution in [0.25, 0.3) is 50.5 Å². The molecule has 0 atom stereocenters. The normalized spacial score (nSPS) is 11.4. The zero-order valence-corrected chi connectivity index (χ0v) is 20.0. The topological polar surface area (TPSA) is 147 Å². The Hall–Kier alpha value is -5.83. The van der Waals surface area contributed by atoms with E-state index in [1.165, 1.54) is 23.2 Å². The fourth-order valence-electron chi connectivity index (χ4n) is 4.68. The number of nitrogens with one attached hydrogen (secondary N) is 2. The maximum atomic E-state index is 15.3. The summed E-state index contributed by atoms with van der Waals surface area (Å²) in [5, 5.41) is 22.0. The van der Waals surface area contributed by atoms with Gasteiger partial charge in [-0.3, -0.25) is 4.68 Å². The first-order valence-electron chi connectivity index (χ1n) is 11.8. The van der Waals surface area contributed by atoms with Gasteiger partial charge < -0.3 is 14.4 Å². The molecule has 7 rings (SSSR count). The van der Waals surface area contributed by atoms with Gasteiger partial charge >= 0.3 is 5.69 Å². The van der Waals surface area contributed by atoms with E-state index in [0.717, 1.165) is 5.56 Å². The Labute approximate surface area is 217 Å². The molecule has 0 saturated carbocycles. The smallest absolute Gasteiger partial charge is 0.323 e. The molecule has 0 aliphatic carbocycles. The SMILES string of the molecule is N#Cc1ccc(Cn2nccc2-c2cc(F)c3nnn(-c4ccc5[nH]c(=O)[nH]c5c4)c3c2)c(-c2ncco2)c1. The number of nitriles is 1. The van der Waals surface area contributed by atoms with Crippen molar-refractivity contribution < 1.29 is 8.81 Å². The lowest BCUT2D eigenvalue weighted by Crippen LogP contribution is -2.06. The molecule has 7 aromatic rings. The average Bonchev–Trinajstić information content (AvgIpc) is 3.74. The van der Waals surface area contributed by atoms with Crippen LogP contribution >= 0.6 is 0 Å². The Kier molecular flexibility index (Phi) is 4.95. The number of aromatic amines is 2. The summed E-state index contributed by atoms with van der Waals surface area (Å²) in [4.78, 5) is 21.3. The lowest BCUT2D eigenvalue weighted by molar-refractivity contribution is 0.572. The zero-order valence-electron chi connectivity index (χ0n) is 20.0. The number of nitrogens with zero attached hydrogens (tertiary/aromatic N) is 7. The highest BCUT2D eigenvalue weighted by atomic mass is 19.1. The van der Waals surface area contributed by atoms with Gasteiger partial charge in [0.05, 0.1) is 52.3 Å². The summed E-state index contributed by atoms with van der Waals surface area (Å²) < 4.78 is 24.0. The van der Waals surface area contributed by atoms with Gasteiger partial charge in [0, 0.05) is 17.3 Å². The second kappa shape index (κ2) is 8.63. The number of hydrogen-bond acceptors (Lipinski definition) is 7. The molecule has 0 fully saturated rings.